The molecule has 0 aliphatic carbocycles. The van der Waals surface area contributed by atoms with Gasteiger partial charge in [-0.05, 0) is 13.3 Å². The second kappa shape index (κ2) is 6.08. The number of aromatic nitrogens is 1. The molecule has 0 saturated carbocycles. The normalized spacial score (nSPS) is 12.8. The van der Waals surface area contributed by atoms with E-state index in [2.05, 4.69) is 29.2 Å². The quantitative estimate of drug-likeness (QED) is 0.810. The van der Waals surface area contributed by atoms with Gasteiger partial charge in [-0.25, -0.2) is 4.98 Å². The van der Waals surface area contributed by atoms with Crippen molar-refractivity contribution in [2.24, 2.45) is 5.73 Å². The number of anilines is 1. The summed E-state index contributed by atoms with van der Waals surface area (Å²) >= 11 is 1.71. The largest absolute Gasteiger partial charge is 0.351 e. The maximum atomic E-state index is 5.74. The fourth-order valence-electron chi connectivity index (χ4n) is 1.39. The second-order valence-electron chi connectivity index (χ2n) is 4.08. The molecule has 0 bridgehead atoms. The van der Waals surface area contributed by atoms with Crippen LogP contribution in [0, 0.1) is 0 Å². The van der Waals surface area contributed by atoms with Gasteiger partial charge in [-0.2, -0.15) is 0 Å². The lowest BCUT2D eigenvalue weighted by Gasteiger charge is -2.14. The van der Waals surface area contributed by atoms with E-state index in [9.17, 15) is 0 Å². The molecule has 1 heterocycles. The van der Waals surface area contributed by atoms with Gasteiger partial charge < -0.3 is 10.6 Å². The van der Waals surface area contributed by atoms with Gasteiger partial charge in [0, 0.05) is 31.4 Å². The van der Waals surface area contributed by atoms with Gasteiger partial charge >= 0.3 is 0 Å². The lowest BCUT2D eigenvalue weighted by molar-refractivity contribution is 0.721. The lowest BCUT2D eigenvalue weighted by atomic mass is 10.2. The van der Waals surface area contributed by atoms with Crippen LogP contribution in [0.5, 0.6) is 0 Å². The predicted molar refractivity (Wildman–Crippen MR) is 67.6 cm³/mol. The zero-order valence-electron chi connectivity index (χ0n) is 9.86. The molecule has 1 unspecified atom stereocenters. The highest BCUT2D eigenvalue weighted by atomic mass is 32.1. The van der Waals surface area contributed by atoms with Crippen molar-refractivity contribution >= 4 is 16.5 Å². The first-order chi connectivity index (χ1) is 7.13. The van der Waals surface area contributed by atoms with Crippen LogP contribution in [0.4, 0.5) is 5.13 Å². The van der Waals surface area contributed by atoms with Crippen LogP contribution in [0.1, 0.15) is 32.4 Å². The lowest BCUT2D eigenvalue weighted by Crippen LogP contribution is -2.19. The Morgan fingerprint density at radius 2 is 2.33 bits per heavy atom. The summed E-state index contributed by atoms with van der Waals surface area (Å²) in [5.74, 6) is 0. The maximum Gasteiger partial charge on any atom is 0.185 e. The summed E-state index contributed by atoms with van der Waals surface area (Å²) in [5.41, 5.74) is 6.86. The van der Waals surface area contributed by atoms with Crippen molar-refractivity contribution in [3.05, 3.63) is 11.1 Å². The Morgan fingerprint density at radius 3 is 2.93 bits per heavy atom. The number of rotatable bonds is 6. The van der Waals surface area contributed by atoms with E-state index >= 15 is 0 Å². The maximum absolute atomic E-state index is 5.74. The highest BCUT2D eigenvalue weighted by Crippen LogP contribution is 2.20. The first-order valence-corrected chi connectivity index (χ1v) is 6.42. The van der Waals surface area contributed by atoms with Crippen LogP contribution in [-0.2, 0) is 6.42 Å². The van der Waals surface area contributed by atoms with Gasteiger partial charge in [0.2, 0.25) is 0 Å². The fraction of sp³-hybridized carbons (Fsp3) is 0.727. The molecule has 0 fully saturated rings. The third-order valence-corrected chi connectivity index (χ3v) is 3.25. The molecular weight excluding hydrogens is 206 g/mol. The first kappa shape index (κ1) is 12.5. The molecular formula is C11H21N3S. The predicted octanol–water partition coefficient (Wildman–Crippen LogP) is 2.27. The molecule has 3 nitrogen and oxygen atoms in total. The molecule has 1 aromatic heterocycles. The highest BCUT2D eigenvalue weighted by Gasteiger charge is 2.07. The van der Waals surface area contributed by atoms with Crippen molar-refractivity contribution in [2.75, 3.05) is 18.5 Å². The Balaban J connectivity index is 2.51. The van der Waals surface area contributed by atoms with Crippen molar-refractivity contribution in [1.29, 1.82) is 0 Å². The number of nitrogens with two attached hydrogens (primary N) is 1. The Kier molecular flexibility index (Phi) is 5.05. The minimum atomic E-state index is 0.195. The highest BCUT2D eigenvalue weighted by molar-refractivity contribution is 7.13. The fourth-order valence-corrected chi connectivity index (χ4v) is 2.22. The summed E-state index contributed by atoms with van der Waals surface area (Å²) in [6, 6.07) is 0.195. The van der Waals surface area contributed by atoms with Crippen LogP contribution in [-0.4, -0.2) is 24.6 Å². The molecule has 2 N–H and O–H groups in total. The van der Waals surface area contributed by atoms with Crippen LogP contribution in [0.3, 0.4) is 0 Å². The van der Waals surface area contributed by atoms with Gasteiger partial charge in [0.05, 0.1) is 5.69 Å². The number of unbranched alkanes of at least 4 members (excludes halogenated alkanes) is 1. The van der Waals surface area contributed by atoms with Crippen molar-refractivity contribution < 1.29 is 0 Å². The molecule has 1 rings (SSSR count). The Labute approximate surface area is 96.3 Å². The average Bonchev–Trinajstić information content (AvgIpc) is 2.61. The zero-order valence-corrected chi connectivity index (χ0v) is 10.7. The molecule has 1 atom stereocenters. The van der Waals surface area contributed by atoms with E-state index in [4.69, 9.17) is 5.73 Å². The number of nitrogens with zero attached hydrogens (tertiary/aromatic N) is 2. The number of hydrogen-bond acceptors (Lipinski definition) is 4. The Morgan fingerprint density at radius 1 is 1.60 bits per heavy atom. The van der Waals surface area contributed by atoms with Gasteiger partial charge in [-0.15, -0.1) is 11.3 Å². The summed E-state index contributed by atoms with van der Waals surface area (Å²) in [6.07, 6.45) is 3.32. The monoisotopic (exact) mass is 227 g/mol. The summed E-state index contributed by atoms with van der Waals surface area (Å²) in [4.78, 5) is 6.79. The van der Waals surface area contributed by atoms with E-state index in [1.807, 2.05) is 6.92 Å². The Bertz CT molecular complexity index is 283. The number of hydrogen-bond donors (Lipinski definition) is 1. The van der Waals surface area contributed by atoms with E-state index in [1.165, 1.54) is 12.8 Å². The van der Waals surface area contributed by atoms with E-state index in [1.54, 1.807) is 11.3 Å². The first-order valence-electron chi connectivity index (χ1n) is 5.54. The van der Waals surface area contributed by atoms with Crippen molar-refractivity contribution in [2.45, 2.75) is 39.2 Å². The summed E-state index contributed by atoms with van der Waals surface area (Å²) < 4.78 is 0. The standard InChI is InChI=1S/C11H21N3S/c1-4-5-6-14(3)11-13-10(8-15-11)7-9(2)12/h8-9H,4-7,12H2,1-3H3. The van der Waals surface area contributed by atoms with E-state index in [0.717, 1.165) is 23.8 Å². The van der Waals surface area contributed by atoms with Gasteiger partial charge in [0.15, 0.2) is 5.13 Å². The van der Waals surface area contributed by atoms with E-state index in [0.29, 0.717) is 0 Å². The van der Waals surface area contributed by atoms with E-state index in [-0.39, 0.29) is 6.04 Å². The molecule has 0 spiro atoms. The van der Waals surface area contributed by atoms with Gasteiger partial charge in [-0.3, -0.25) is 0 Å². The molecule has 0 aromatic carbocycles. The van der Waals surface area contributed by atoms with Gasteiger partial charge in [0.1, 0.15) is 0 Å². The van der Waals surface area contributed by atoms with Crippen LogP contribution in [0.15, 0.2) is 5.38 Å². The van der Waals surface area contributed by atoms with E-state index < -0.39 is 0 Å². The topological polar surface area (TPSA) is 42.2 Å². The SMILES string of the molecule is CCCCN(C)c1nc(CC(C)N)cs1. The summed E-state index contributed by atoms with van der Waals surface area (Å²) in [6.45, 7) is 5.30. The molecule has 0 amide bonds. The molecule has 86 valence electrons. The molecule has 1 aromatic rings. The third kappa shape index (κ3) is 4.18. The molecule has 4 heteroatoms. The Hall–Kier alpha value is -0.610. The average molecular weight is 227 g/mol. The van der Waals surface area contributed by atoms with Crippen LogP contribution in [0.25, 0.3) is 0 Å². The zero-order chi connectivity index (χ0) is 11.3. The molecule has 0 aliphatic heterocycles. The van der Waals surface area contributed by atoms with Crippen LogP contribution >= 0.6 is 11.3 Å². The van der Waals surface area contributed by atoms with Crippen molar-refractivity contribution in [1.82, 2.24) is 4.98 Å². The molecule has 0 radical (unpaired) electrons. The minimum absolute atomic E-state index is 0.195. The van der Waals surface area contributed by atoms with Crippen molar-refractivity contribution in [3.8, 4) is 0 Å². The summed E-state index contributed by atoms with van der Waals surface area (Å²) in [7, 11) is 2.10. The molecule has 15 heavy (non-hydrogen) atoms. The smallest absolute Gasteiger partial charge is 0.185 e. The second-order valence-corrected chi connectivity index (χ2v) is 4.91. The number of thiazole rings is 1. The van der Waals surface area contributed by atoms with Gasteiger partial charge in [0.25, 0.3) is 0 Å². The summed E-state index contributed by atoms with van der Waals surface area (Å²) in [5, 5.41) is 3.22. The van der Waals surface area contributed by atoms with Crippen molar-refractivity contribution in [3.63, 3.8) is 0 Å². The molecule has 0 saturated heterocycles. The van der Waals surface area contributed by atoms with Crippen LogP contribution < -0.4 is 10.6 Å². The minimum Gasteiger partial charge on any atom is -0.351 e. The third-order valence-electron chi connectivity index (χ3n) is 2.24. The van der Waals surface area contributed by atoms with Crippen LogP contribution in [0.2, 0.25) is 0 Å². The van der Waals surface area contributed by atoms with Gasteiger partial charge in [-0.1, -0.05) is 13.3 Å². The molecule has 0 aliphatic rings.